The zero-order valence-corrected chi connectivity index (χ0v) is 16.0. The molecule has 1 amide bonds. The summed E-state index contributed by atoms with van der Waals surface area (Å²) in [4.78, 5) is 12.6. The zero-order chi connectivity index (χ0) is 19.1. The summed E-state index contributed by atoms with van der Waals surface area (Å²) in [5, 5.41) is 3.13. The molecular weight excluding hydrogens is 330 g/mol. The molecule has 0 heterocycles. The van der Waals surface area contributed by atoms with Crippen molar-refractivity contribution in [1.82, 2.24) is 5.32 Å². The van der Waals surface area contributed by atoms with Crippen LogP contribution in [0.15, 0.2) is 42.5 Å². The fraction of sp³-hybridized carbons (Fsp3) is 0.381. The smallest absolute Gasteiger partial charge is 0.224 e. The van der Waals surface area contributed by atoms with Crippen LogP contribution in [0, 0.1) is 5.92 Å². The lowest BCUT2D eigenvalue weighted by Gasteiger charge is -2.23. The molecule has 0 unspecified atom stereocenters. The number of carbonyl (C=O) groups excluding carboxylic acids is 1. The van der Waals surface area contributed by atoms with Crippen LogP contribution in [0.5, 0.6) is 17.2 Å². The lowest BCUT2D eigenvalue weighted by molar-refractivity contribution is -0.121. The van der Waals surface area contributed by atoms with Crippen LogP contribution in [-0.2, 0) is 11.2 Å². The number of rotatable bonds is 8. The topological polar surface area (TPSA) is 56.8 Å². The van der Waals surface area contributed by atoms with E-state index in [0.717, 1.165) is 11.1 Å². The van der Waals surface area contributed by atoms with Gasteiger partial charge in [0.2, 0.25) is 11.7 Å². The number of carbonyl (C=O) groups is 1. The fourth-order valence-corrected chi connectivity index (χ4v) is 2.94. The molecule has 0 aliphatic rings. The third-order valence-corrected chi connectivity index (χ3v) is 4.23. The van der Waals surface area contributed by atoms with Gasteiger partial charge in [-0.05, 0) is 29.2 Å². The van der Waals surface area contributed by atoms with Crippen LogP contribution in [0.25, 0.3) is 0 Å². The Kier molecular flexibility index (Phi) is 6.89. The van der Waals surface area contributed by atoms with Crippen LogP contribution in [-0.4, -0.2) is 27.2 Å². The van der Waals surface area contributed by atoms with Crippen LogP contribution in [0.1, 0.15) is 31.0 Å². The highest BCUT2D eigenvalue weighted by molar-refractivity contribution is 5.79. The molecule has 0 aliphatic heterocycles. The molecule has 2 aromatic carbocycles. The van der Waals surface area contributed by atoms with Crippen LogP contribution in [0.3, 0.4) is 0 Å². The van der Waals surface area contributed by atoms with Crippen molar-refractivity contribution >= 4 is 5.91 Å². The second-order valence-corrected chi connectivity index (χ2v) is 6.41. The Labute approximate surface area is 155 Å². The summed E-state index contributed by atoms with van der Waals surface area (Å²) in [6.45, 7) is 4.19. The summed E-state index contributed by atoms with van der Waals surface area (Å²) in [6, 6.07) is 13.6. The highest BCUT2D eigenvalue weighted by Crippen LogP contribution is 2.38. The van der Waals surface area contributed by atoms with Gasteiger partial charge in [0.05, 0.1) is 33.8 Å². The van der Waals surface area contributed by atoms with Crippen molar-refractivity contribution in [2.75, 3.05) is 21.3 Å². The van der Waals surface area contributed by atoms with Gasteiger partial charge in [0.25, 0.3) is 0 Å². The molecule has 5 nitrogen and oxygen atoms in total. The third kappa shape index (κ3) is 4.69. The van der Waals surface area contributed by atoms with Gasteiger partial charge in [0.1, 0.15) is 0 Å². The Morgan fingerprint density at radius 3 is 2.00 bits per heavy atom. The molecule has 1 N–H and O–H groups in total. The van der Waals surface area contributed by atoms with E-state index in [-0.39, 0.29) is 24.3 Å². The number of nitrogens with one attached hydrogen (secondary N) is 1. The van der Waals surface area contributed by atoms with Gasteiger partial charge in [0.15, 0.2) is 11.5 Å². The van der Waals surface area contributed by atoms with Gasteiger partial charge in [-0.1, -0.05) is 44.2 Å². The monoisotopic (exact) mass is 357 g/mol. The molecule has 140 valence electrons. The first-order chi connectivity index (χ1) is 12.5. The lowest BCUT2D eigenvalue weighted by Crippen LogP contribution is -2.32. The first-order valence-corrected chi connectivity index (χ1v) is 8.63. The van der Waals surface area contributed by atoms with E-state index in [2.05, 4.69) is 19.2 Å². The van der Waals surface area contributed by atoms with E-state index in [0.29, 0.717) is 17.2 Å². The number of hydrogen-bond acceptors (Lipinski definition) is 4. The molecule has 0 saturated heterocycles. The van der Waals surface area contributed by atoms with Gasteiger partial charge in [-0.3, -0.25) is 4.79 Å². The van der Waals surface area contributed by atoms with Crippen molar-refractivity contribution in [1.29, 1.82) is 0 Å². The molecule has 5 heteroatoms. The maximum absolute atomic E-state index is 12.6. The average molecular weight is 357 g/mol. The van der Waals surface area contributed by atoms with Crippen molar-refractivity contribution in [2.24, 2.45) is 5.92 Å². The molecule has 2 aromatic rings. The van der Waals surface area contributed by atoms with Gasteiger partial charge >= 0.3 is 0 Å². The molecule has 0 radical (unpaired) electrons. The van der Waals surface area contributed by atoms with E-state index in [1.807, 2.05) is 30.3 Å². The van der Waals surface area contributed by atoms with Crippen molar-refractivity contribution in [3.63, 3.8) is 0 Å². The van der Waals surface area contributed by atoms with Crippen LogP contribution >= 0.6 is 0 Å². The van der Waals surface area contributed by atoms with Crippen molar-refractivity contribution in [2.45, 2.75) is 26.3 Å². The Morgan fingerprint density at radius 1 is 0.962 bits per heavy atom. The maximum Gasteiger partial charge on any atom is 0.224 e. The summed E-state index contributed by atoms with van der Waals surface area (Å²) in [5.41, 5.74) is 1.90. The van der Waals surface area contributed by atoms with E-state index in [4.69, 9.17) is 14.2 Å². The predicted molar refractivity (Wildman–Crippen MR) is 102 cm³/mol. The summed E-state index contributed by atoms with van der Waals surface area (Å²) in [7, 11) is 4.68. The summed E-state index contributed by atoms with van der Waals surface area (Å²) in [5.74, 6) is 1.82. The number of amides is 1. The summed E-state index contributed by atoms with van der Waals surface area (Å²) >= 11 is 0. The summed E-state index contributed by atoms with van der Waals surface area (Å²) < 4.78 is 16.0. The highest BCUT2D eigenvalue weighted by atomic mass is 16.5. The van der Waals surface area contributed by atoms with E-state index < -0.39 is 0 Å². The Bertz CT molecular complexity index is 703. The largest absolute Gasteiger partial charge is 0.493 e. The van der Waals surface area contributed by atoms with Crippen molar-refractivity contribution in [3.8, 4) is 17.2 Å². The highest BCUT2D eigenvalue weighted by Gasteiger charge is 2.20. The first-order valence-electron chi connectivity index (χ1n) is 8.63. The normalized spacial score (nSPS) is 11.8. The number of benzene rings is 2. The molecule has 0 saturated carbocycles. The Hall–Kier alpha value is -2.69. The van der Waals surface area contributed by atoms with E-state index in [1.54, 1.807) is 33.5 Å². The van der Waals surface area contributed by atoms with E-state index >= 15 is 0 Å². The molecule has 2 rings (SSSR count). The van der Waals surface area contributed by atoms with Crippen LogP contribution < -0.4 is 19.5 Å². The maximum atomic E-state index is 12.6. The van der Waals surface area contributed by atoms with Crippen LogP contribution in [0.2, 0.25) is 0 Å². The predicted octanol–water partition coefficient (Wildman–Crippen LogP) is 3.77. The van der Waals surface area contributed by atoms with Gasteiger partial charge in [-0.15, -0.1) is 0 Å². The Morgan fingerprint density at radius 2 is 1.54 bits per heavy atom. The Balaban J connectivity index is 2.18. The quantitative estimate of drug-likeness (QED) is 0.781. The fourth-order valence-electron chi connectivity index (χ4n) is 2.94. The minimum atomic E-state index is -0.0539. The molecule has 0 aliphatic carbocycles. The number of hydrogen-bond donors (Lipinski definition) is 1. The zero-order valence-electron chi connectivity index (χ0n) is 16.0. The number of ether oxygens (including phenoxy) is 3. The van der Waals surface area contributed by atoms with Crippen molar-refractivity contribution in [3.05, 3.63) is 53.6 Å². The van der Waals surface area contributed by atoms with Crippen molar-refractivity contribution < 1.29 is 19.0 Å². The average Bonchev–Trinajstić information content (AvgIpc) is 2.65. The van der Waals surface area contributed by atoms with E-state index in [1.165, 1.54) is 0 Å². The second kappa shape index (κ2) is 9.13. The summed E-state index contributed by atoms with van der Waals surface area (Å²) in [6.07, 6.45) is 0.229. The minimum Gasteiger partial charge on any atom is -0.493 e. The second-order valence-electron chi connectivity index (χ2n) is 6.41. The third-order valence-electron chi connectivity index (χ3n) is 4.23. The van der Waals surface area contributed by atoms with E-state index in [9.17, 15) is 4.79 Å². The molecule has 0 spiro atoms. The molecule has 26 heavy (non-hydrogen) atoms. The van der Waals surface area contributed by atoms with Gasteiger partial charge in [-0.2, -0.15) is 0 Å². The minimum absolute atomic E-state index is 0.0364. The molecule has 1 atom stereocenters. The van der Waals surface area contributed by atoms with Gasteiger partial charge in [0, 0.05) is 0 Å². The lowest BCUT2D eigenvalue weighted by atomic mass is 9.95. The molecule has 0 bridgehead atoms. The molecule has 0 aromatic heterocycles. The molecule has 0 fully saturated rings. The first kappa shape index (κ1) is 19.6. The molecular formula is C21H27NO4. The number of methoxy groups -OCH3 is 3. The van der Waals surface area contributed by atoms with Gasteiger partial charge < -0.3 is 19.5 Å². The SMILES string of the molecule is COc1cc(CC(=O)N[C@@H](c2ccccc2)C(C)C)cc(OC)c1OC. The van der Waals surface area contributed by atoms with Crippen LogP contribution in [0.4, 0.5) is 0 Å². The standard InChI is InChI=1S/C21H27NO4/c1-14(2)20(16-9-7-6-8-10-16)22-19(23)13-15-11-17(24-3)21(26-5)18(12-15)25-4/h6-12,14,20H,13H2,1-5H3,(H,22,23)/t20-/m1/s1. The van der Waals surface area contributed by atoms with Gasteiger partial charge in [-0.25, -0.2) is 0 Å².